The molecule has 3 aromatic rings. The lowest BCUT2D eigenvalue weighted by Gasteiger charge is -2.52. The number of hydrogen-bond acceptors (Lipinski definition) is 6. The second-order valence-electron chi connectivity index (χ2n) is 10.4. The average Bonchev–Trinajstić information content (AvgIpc) is 2.88. The molecule has 1 fully saturated rings. The summed E-state index contributed by atoms with van der Waals surface area (Å²) in [7, 11) is 0. The molecule has 1 saturated heterocycles. The number of morpholine rings is 1. The van der Waals surface area contributed by atoms with Crippen molar-refractivity contribution in [3.05, 3.63) is 71.3 Å². The first-order chi connectivity index (χ1) is 17.5. The van der Waals surface area contributed by atoms with E-state index in [9.17, 15) is 18.7 Å². The van der Waals surface area contributed by atoms with Crippen LogP contribution in [0, 0.1) is 12.3 Å². The van der Waals surface area contributed by atoms with Gasteiger partial charge in [-0.2, -0.15) is 8.78 Å². The summed E-state index contributed by atoms with van der Waals surface area (Å²) < 4.78 is 33.1. The Morgan fingerprint density at radius 1 is 1.22 bits per heavy atom. The maximum Gasteiger partial charge on any atom is 0.286 e. The van der Waals surface area contributed by atoms with E-state index in [1.54, 1.807) is 12.3 Å². The summed E-state index contributed by atoms with van der Waals surface area (Å²) in [6, 6.07) is 10.1. The number of ether oxygens (including phenoxy) is 1. The molecule has 0 bridgehead atoms. The molecular formula is C28H30F2N4O3. The van der Waals surface area contributed by atoms with Gasteiger partial charge < -0.3 is 20.1 Å². The van der Waals surface area contributed by atoms with Gasteiger partial charge in [-0.1, -0.05) is 19.9 Å². The molecule has 2 aromatic heterocycles. The molecule has 0 spiro atoms. The summed E-state index contributed by atoms with van der Waals surface area (Å²) in [5.74, 6) is -3.65. The Hall–Kier alpha value is -3.43. The molecule has 7 nitrogen and oxygen atoms in total. The van der Waals surface area contributed by atoms with Crippen molar-refractivity contribution in [2.24, 2.45) is 5.41 Å². The van der Waals surface area contributed by atoms with Gasteiger partial charge in [-0.05, 0) is 48.4 Å². The summed E-state index contributed by atoms with van der Waals surface area (Å²) in [6.07, 6.45) is 2.22. The van der Waals surface area contributed by atoms with Crippen molar-refractivity contribution in [1.82, 2.24) is 9.97 Å². The molecular weight excluding hydrogens is 478 g/mol. The summed E-state index contributed by atoms with van der Waals surface area (Å²) in [5.41, 5.74) is 3.97. The van der Waals surface area contributed by atoms with E-state index in [0.29, 0.717) is 31.1 Å². The molecule has 0 unspecified atom stereocenters. The predicted octanol–water partition coefficient (Wildman–Crippen LogP) is 5.09. The third kappa shape index (κ3) is 4.57. The molecule has 1 aromatic carbocycles. The van der Waals surface area contributed by atoms with Crippen LogP contribution in [-0.4, -0.2) is 46.8 Å². The molecule has 2 N–H and O–H groups in total. The van der Waals surface area contributed by atoms with Crippen molar-refractivity contribution in [2.75, 3.05) is 30.0 Å². The van der Waals surface area contributed by atoms with Gasteiger partial charge in [0.2, 0.25) is 0 Å². The molecule has 5 rings (SSSR count). The number of aliphatic hydroxyl groups is 1. The van der Waals surface area contributed by atoms with E-state index in [1.807, 2.05) is 39.0 Å². The van der Waals surface area contributed by atoms with E-state index >= 15 is 0 Å². The number of hydrogen-bond donors (Lipinski definition) is 2. The predicted molar refractivity (Wildman–Crippen MR) is 137 cm³/mol. The van der Waals surface area contributed by atoms with Crippen LogP contribution in [-0.2, 0) is 10.7 Å². The van der Waals surface area contributed by atoms with E-state index in [-0.39, 0.29) is 11.6 Å². The maximum atomic E-state index is 13.7. The van der Waals surface area contributed by atoms with Crippen molar-refractivity contribution in [1.29, 1.82) is 0 Å². The number of aliphatic hydroxyl groups excluding tert-OH is 1. The van der Waals surface area contributed by atoms with Crippen molar-refractivity contribution in [2.45, 2.75) is 45.8 Å². The topological polar surface area (TPSA) is 87.6 Å². The minimum absolute atomic E-state index is 0.0215. The number of pyridine rings is 2. The van der Waals surface area contributed by atoms with Gasteiger partial charge in [0.05, 0.1) is 30.6 Å². The Morgan fingerprint density at radius 3 is 2.76 bits per heavy atom. The molecule has 0 saturated carbocycles. The first-order valence-corrected chi connectivity index (χ1v) is 12.3. The molecule has 0 aliphatic carbocycles. The number of nitrogens with one attached hydrogen (secondary N) is 1. The fraction of sp³-hybridized carbons (Fsp3) is 0.393. The number of benzene rings is 1. The van der Waals surface area contributed by atoms with Gasteiger partial charge >= 0.3 is 0 Å². The van der Waals surface area contributed by atoms with Gasteiger partial charge in [-0.15, -0.1) is 0 Å². The van der Waals surface area contributed by atoms with Gasteiger partial charge in [0.1, 0.15) is 11.8 Å². The Labute approximate surface area is 214 Å². The normalized spacial score (nSPS) is 20.7. The number of halogens is 2. The molecule has 9 heteroatoms. The second kappa shape index (κ2) is 9.15. The number of amides is 1. The van der Waals surface area contributed by atoms with E-state index in [4.69, 9.17) is 4.74 Å². The van der Waals surface area contributed by atoms with Crippen LogP contribution in [0.2, 0.25) is 0 Å². The van der Waals surface area contributed by atoms with E-state index < -0.39 is 29.0 Å². The number of carbonyl (C=O) groups excluding carboxylic acids is 1. The van der Waals surface area contributed by atoms with Crippen molar-refractivity contribution in [3.63, 3.8) is 0 Å². The quantitative estimate of drug-likeness (QED) is 0.510. The van der Waals surface area contributed by atoms with Gasteiger partial charge in [-0.3, -0.25) is 14.8 Å². The first kappa shape index (κ1) is 25.2. The van der Waals surface area contributed by atoms with Gasteiger partial charge in [0.25, 0.3) is 11.8 Å². The highest BCUT2D eigenvalue weighted by Crippen LogP contribution is 2.49. The summed E-state index contributed by atoms with van der Waals surface area (Å²) >= 11 is 0. The minimum atomic E-state index is -3.14. The summed E-state index contributed by atoms with van der Waals surface area (Å²) in [6.45, 7) is 8.63. The number of fused-ring (bicyclic) bond motifs is 3. The molecule has 2 atom stereocenters. The Balaban J connectivity index is 1.47. The third-order valence-electron chi connectivity index (χ3n) is 7.44. The van der Waals surface area contributed by atoms with Crippen LogP contribution in [0.1, 0.15) is 54.2 Å². The number of nitrogens with zero attached hydrogens (tertiary/aromatic N) is 3. The number of rotatable bonds is 4. The fourth-order valence-corrected chi connectivity index (χ4v) is 5.12. The fourth-order valence-electron chi connectivity index (χ4n) is 5.12. The Morgan fingerprint density at radius 2 is 2.00 bits per heavy atom. The number of anilines is 2. The Bertz CT molecular complexity index is 1360. The van der Waals surface area contributed by atoms with E-state index in [1.165, 1.54) is 12.3 Å². The highest BCUT2D eigenvalue weighted by atomic mass is 19.3. The molecule has 0 radical (unpaired) electrons. The molecule has 194 valence electrons. The van der Waals surface area contributed by atoms with Crippen molar-refractivity contribution in [3.8, 4) is 11.1 Å². The third-order valence-corrected chi connectivity index (χ3v) is 7.44. The van der Waals surface area contributed by atoms with Crippen LogP contribution >= 0.6 is 0 Å². The van der Waals surface area contributed by atoms with Crippen LogP contribution in [0.5, 0.6) is 0 Å². The maximum absolute atomic E-state index is 13.7. The monoisotopic (exact) mass is 508 g/mol. The molecule has 2 aliphatic rings. The van der Waals surface area contributed by atoms with Gasteiger partial charge in [-0.25, -0.2) is 0 Å². The van der Waals surface area contributed by atoms with Crippen molar-refractivity contribution >= 4 is 17.3 Å². The molecule has 1 amide bonds. The molecule has 4 heterocycles. The van der Waals surface area contributed by atoms with Gasteiger partial charge in [0.15, 0.2) is 0 Å². The Kier molecular flexibility index (Phi) is 6.24. The van der Waals surface area contributed by atoms with Crippen LogP contribution in [0.3, 0.4) is 0 Å². The van der Waals surface area contributed by atoms with Crippen LogP contribution < -0.4 is 10.2 Å². The zero-order valence-corrected chi connectivity index (χ0v) is 21.3. The number of alkyl halides is 2. The second-order valence-corrected chi connectivity index (χ2v) is 10.4. The highest BCUT2D eigenvalue weighted by Gasteiger charge is 2.48. The largest absolute Gasteiger partial charge is 0.386 e. The zero-order valence-electron chi connectivity index (χ0n) is 21.3. The highest BCUT2D eigenvalue weighted by molar-refractivity contribution is 6.04. The number of aryl methyl sites for hydroxylation is 1. The summed E-state index contributed by atoms with van der Waals surface area (Å²) in [5, 5.41) is 13.9. The van der Waals surface area contributed by atoms with Gasteiger partial charge in [0, 0.05) is 48.1 Å². The number of aromatic nitrogens is 2. The summed E-state index contributed by atoms with van der Waals surface area (Å²) in [4.78, 5) is 23.5. The van der Waals surface area contributed by atoms with E-state index in [2.05, 4.69) is 20.2 Å². The SMILES string of the molecule is Cc1ccc(NC(=O)c2ccnc(C(C)(F)F)c2)cc1-c1cnc2c(c1)N1CCOC[C@H]1C(C)(C)[C@H]2O. The van der Waals surface area contributed by atoms with Crippen LogP contribution in [0.25, 0.3) is 11.1 Å². The van der Waals surface area contributed by atoms with Crippen LogP contribution in [0.4, 0.5) is 20.2 Å². The minimum Gasteiger partial charge on any atom is -0.386 e. The lowest BCUT2D eigenvalue weighted by atomic mass is 9.73. The standard InChI is InChI=1S/C28H30F2N4O3/c1-16-5-6-19(33-26(36)17-7-8-31-22(12-17)28(4,29)30)13-20(16)18-11-21-24(32-14-18)25(35)27(2,3)23-15-37-10-9-34(21)23/h5-8,11-14,23,25,35H,9-10,15H2,1-4H3,(H,33,36)/t23-,25-/m0/s1. The van der Waals surface area contributed by atoms with Crippen LogP contribution in [0.15, 0.2) is 48.8 Å². The van der Waals surface area contributed by atoms with E-state index in [0.717, 1.165) is 35.4 Å². The lowest BCUT2D eigenvalue weighted by molar-refractivity contribution is -0.0288. The molecule has 2 aliphatic heterocycles. The first-order valence-electron chi connectivity index (χ1n) is 12.3. The zero-order chi connectivity index (χ0) is 26.5. The molecule has 37 heavy (non-hydrogen) atoms. The smallest absolute Gasteiger partial charge is 0.286 e. The lowest BCUT2D eigenvalue weighted by Crippen LogP contribution is -2.58. The number of carbonyl (C=O) groups is 1. The van der Waals surface area contributed by atoms with Crippen molar-refractivity contribution < 1.29 is 23.4 Å². The average molecular weight is 509 g/mol.